The van der Waals surface area contributed by atoms with Gasteiger partial charge in [-0.1, -0.05) is 38.7 Å². The van der Waals surface area contributed by atoms with Gasteiger partial charge in [-0.3, -0.25) is 0 Å². The zero-order valence-corrected chi connectivity index (χ0v) is 15.0. The van der Waals surface area contributed by atoms with Crippen molar-refractivity contribution in [2.45, 2.75) is 71.6 Å². The molecule has 3 saturated carbocycles. The maximum atomic E-state index is 12.0. The molecule has 3 fully saturated rings. The number of carbonyl (C=O) groups excluding carboxylic acids is 1. The molecule has 3 heteroatoms. The summed E-state index contributed by atoms with van der Waals surface area (Å²) < 4.78 is 0. The molecule has 0 aromatic heterocycles. The van der Waals surface area contributed by atoms with E-state index in [0.717, 1.165) is 19.1 Å². The van der Waals surface area contributed by atoms with E-state index >= 15 is 0 Å². The van der Waals surface area contributed by atoms with Gasteiger partial charge in [0.25, 0.3) is 0 Å². The minimum absolute atomic E-state index is 0.0305. The normalized spacial score (nSPS) is 45.3. The van der Waals surface area contributed by atoms with Crippen molar-refractivity contribution in [2.75, 3.05) is 0 Å². The van der Waals surface area contributed by atoms with Crippen molar-refractivity contribution in [3.63, 3.8) is 0 Å². The molecule has 3 nitrogen and oxygen atoms in total. The Kier molecular flexibility index (Phi) is 3.71. The predicted molar refractivity (Wildman–Crippen MR) is 92.5 cm³/mol. The van der Waals surface area contributed by atoms with Crippen molar-refractivity contribution in [3.05, 3.63) is 11.1 Å². The van der Waals surface area contributed by atoms with Crippen LogP contribution in [0.15, 0.2) is 11.1 Å². The maximum Gasteiger partial charge on any atom is 0.332 e. The molecule has 0 aliphatic heterocycles. The number of hydrogen-bond donors (Lipinski definition) is 1. The monoisotopic (exact) mass is 330 g/mol. The van der Waals surface area contributed by atoms with E-state index < -0.39 is 5.97 Å². The number of carbonyl (C=O) groups is 2. The molecular formula is C21H30O3. The highest BCUT2D eigenvalue weighted by molar-refractivity contribution is 5.94. The van der Waals surface area contributed by atoms with Crippen molar-refractivity contribution in [1.29, 1.82) is 0 Å². The average molecular weight is 330 g/mol. The summed E-state index contributed by atoms with van der Waals surface area (Å²) in [5, 5.41) is 9.83. The Labute approximate surface area is 144 Å². The molecular weight excluding hydrogens is 300 g/mol. The predicted octanol–water partition coefficient (Wildman–Crippen LogP) is 4.61. The first-order valence-electron chi connectivity index (χ1n) is 9.89. The molecule has 4 rings (SSSR count). The smallest absolute Gasteiger partial charge is 0.332 e. The largest absolute Gasteiger partial charge is 0.478 e. The van der Waals surface area contributed by atoms with Gasteiger partial charge in [0, 0.05) is 16.9 Å². The van der Waals surface area contributed by atoms with Gasteiger partial charge < -0.3 is 9.90 Å². The Balaban J connectivity index is 1.89. The SMILES string of the molecule is C[C@@H]1CC[C@@H]2CC3=C(C(=O)O)[C@@H](C=O)C[C@@]31[C@]2(C)C1CCCCC1. The number of carboxylic acid groups (broad SMARTS) is 1. The third-order valence-electron chi connectivity index (χ3n) is 8.67. The van der Waals surface area contributed by atoms with Crippen molar-refractivity contribution >= 4 is 12.3 Å². The summed E-state index contributed by atoms with van der Waals surface area (Å²) in [6, 6.07) is 0. The topological polar surface area (TPSA) is 54.4 Å². The molecule has 0 heterocycles. The summed E-state index contributed by atoms with van der Waals surface area (Å²) in [4.78, 5) is 23.7. The van der Waals surface area contributed by atoms with Crippen LogP contribution in [0.1, 0.15) is 71.6 Å². The number of aldehydes is 1. The molecule has 1 spiro atoms. The van der Waals surface area contributed by atoms with Gasteiger partial charge >= 0.3 is 5.97 Å². The van der Waals surface area contributed by atoms with E-state index in [1.807, 2.05) is 0 Å². The summed E-state index contributed by atoms with van der Waals surface area (Å²) in [5.74, 6) is 0.592. The van der Waals surface area contributed by atoms with Crippen LogP contribution in [0.25, 0.3) is 0 Å². The van der Waals surface area contributed by atoms with Crippen LogP contribution in [0.5, 0.6) is 0 Å². The highest BCUT2D eigenvalue weighted by Crippen LogP contribution is 2.76. The summed E-state index contributed by atoms with van der Waals surface area (Å²) in [6.07, 6.45) is 11.6. The van der Waals surface area contributed by atoms with Gasteiger partial charge in [-0.2, -0.15) is 0 Å². The second-order valence-corrected chi connectivity index (χ2v) is 9.11. The average Bonchev–Trinajstić information content (AvgIpc) is 2.98. The van der Waals surface area contributed by atoms with Crippen molar-refractivity contribution in [1.82, 2.24) is 0 Å². The number of carboxylic acids is 1. The van der Waals surface area contributed by atoms with Gasteiger partial charge in [-0.25, -0.2) is 4.79 Å². The van der Waals surface area contributed by atoms with E-state index in [9.17, 15) is 14.7 Å². The van der Waals surface area contributed by atoms with Crippen molar-refractivity contribution in [3.8, 4) is 0 Å². The van der Waals surface area contributed by atoms with E-state index in [1.165, 1.54) is 50.5 Å². The first-order valence-corrected chi connectivity index (χ1v) is 9.89. The summed E-state index contributed by atoms with van der Waals surface area (Å²) in [5.41, 5.74) is 1.81. The molecule has 4 aliphatic rings. The number of fused-ring (bicyclic) bond motifs is 1. The Morgan fingerprint density at radius 1 is 1.12 bits per heavy atom. The van der Waals surface area contributed by atoms with Crippen LogP contribution in [0, 0.1) is 34.5 Å². The number of hydrogen-bond acceptors (Lipinski definition) is 2. The van der Waals surface area contributed by atoms with Gasteiger partial charge in [0.15, 0.2) is 0 Å². The fourth-order valence-electron chi connectivity index (χ4n) is 7.63. The number of rotatable bonds is 3. The van der Waals surface area contributed by atoms with Crippen LogP contribution < -0.4 is 0 Å². The van der Waals surface area contributed by atoms with Crippen LogP contribution in [-0.4, -0.2) is 17.4 Å². The lowest BCUT2D eigenvalue weighted by Crippen LogP contribution is -2.52. The molecule has 0 radical (unpaired) electrons. The zero-order chi connectivity index (χ0) is 17.1. The van der Waals surface area contributed by atoms with Gasteiger partial charge in [0.2, 0.25) is 0 Å². The lowest BCUT2D eigenvalue weighted by atomic mass is 9.46. The fraction of sp³-hybridized carbons (Fsp3) is 0.810. The van der Waals surface area contributed by atoms with Crippen LogP contribution >= 0.6 is 0 Å². The Morgan fingerprint density at radius 2 is 1.83 bits per heavy atom. The van der Waals surface area contributed by atoms with Gasteiger partial charge in [-0.05, 0) is 61.7 Å². The second-order valence-electron chi connectivity index (χ2n) is 9.11. The zero-order valence-electron chi connectivity index (χ0n) is 15.0. The molecule has 0 saturated heterocycles. The fourth-order valence-corrected chi connectivity index (χ4v) is 7.63. The lowest BCUT2D eigenvalue weighted by molar-refractivity contribution is -0.134. The third-order valence-corrected chi connectivity index (χ3v) is 8.67. The molecule has 132 valence electrons. The molecule has 0 amide bonds. The number of aliphatic carboxylic acids is 1. The molecule has 5 atom stereocenters. The summed E-state index contributed by atoms with van der Waals surface area (Å²) in [7, 11) is 0. The highest BCUT2D eigenvalue weighted by atomic mass is 16.4. The van der Waals surface area contributed by atoms with Crippen LogP contribution in [0.3, 0.4) is 0 Å². The van der Waals surface area contributed by atoms with Gasteiger partial charge in [0.05, 0.1) is 0 Å². The molecule has 2 bridgehead atoms. The first-order chi connectivity index (χ1) is 11.5. The van der Waals surface area contributed by atoms with Crippen LogP contribution in [-0.2, 0) is 9.59 Å². The summed E-state index contributed by atoms with van der Waals surface area (Å²) >= 11 is 0. The van der Waals surface area contributed by atoms with Crippen LogP contribution in [0.2, 0.25) is 0 Å². The van der Waals surface area contributed by atoms with E-state index in [4.69, 9.17) is 0 Å². The minimum Gasteiger partial charge on any atom is -0.478 e. The molecule has 1 N–H and O–H groups in total. The first kappa shape index (κ1) is 16.4. The minimum atomic E-state index is -0.843. The van der Waals surface area contributed by atoms with E-state index in [2.05, 4.69) is 13.8 Å². The highest BCUT2D eigenvalue weighted by Gasteiger charge is 2.69. The third kappa shape index (κ3) is 1.79. The standard InChI is InChI=1S/C21H30O3/c1-13-8-9-16-10-17-18(19(23)24)14(12-22)11-21(13,17)20(16,2)15-6-4-3-5-7-15/h12-16H,3-11H2,1-2H3,(H,23,24)/t13-,14-,16-,20-,21+/m1/s1. The van der Waals surface area contributed by atoms with E-state index in [-0.39, 0.29) is 16.7 Å². The van der Waals surface area contributed by atoms with Gasteiger partial charge in [0.1, 0.15) is 6.29 Å². The Hall–Kier alpha value is -1.12. The molecule has 24 heavy (non-hydrogen) atoms. The molecule has 0 unspecified atom stereocenters. The lowest BCUT2D eigenvalue weighted by Gasteiger charge is -2.58. The molecule has 0 aromatic rings. The van der Waals surface area contributed by atoms with Crippen molar-refractivity contribution in [2.24, 2.45) is 34.5 Å². The quantitative estimate of drug-likeness (QED) is 0.769. The molecule has 0 aromatic carbocycles. The number of allylic oxidation sites excluding steroid dienone is 1. The Morgan fingerprint density at radius 3 is 2.46 bits per heavy atom. The maximum absolute atomic E-state index is 12.0. The Bertz CT molecular complexity index is 600. The second kappa shape index (κ2) is 5.44. The summed E-state index contributed by atoms with van der Waals surface area (Å²) in [6.45, 7) is 4.80. The van der Waals surface area contributed by atoms with E-state index in [1.54, 1.807) is 0 Å². The van der Waals surface area contributed by atoms with Crippen LogP contribution in [0.4, 0.5) is 0 Å². The van der Waals surface area contributed by atoms with Crippen molar-refractivity contribution < 1.29 is 14.7 Å². The molecule has 4 aliphatic carbocycles. The van der Waals surface area contributed by atoms with Gasteiger partial charge in [-0.15, -0.1) is 0 Å². The van der Waals surface area contributed by atoms with E-state index in [0.29, 0.717) is 23.3 Å².